The first-order valence-corrected chi connectivity index (χ1v) is 9.40. The Labute approximate surface area is 147 Å². The zero-order valence-electron chi connectivity index (χ0n) is 14.0. The summed E-state index contributed by atoms with van der Waals surface area (Å²) in [5, 5.41) is 11.0. The van der Waals surface area contributed by atoms with E-state index in [9.17, 15) is 13.5 Å². The van der Waals surface area contributed by atoms with E-state index in [-0.39, 0.29) is 16.3 Å². The average Bonchev–Trinajstić information content (AvgIpc) is 2.60. The van der Waals surface area contributed by atoms with Gasteiger partial charge in [0, 0.05) is 5.39 Å². The van der Waals surface area contributed by atoms with Crippen molar-refractivity contribution in [3.63, 3.8) is 0 Å². The lowest BCUT2D eigenvalue weighted by Crippen LogP contribution is -2.13. The second-order valence-corrected chi connectivity index (χ2v) is 7.39. The van der Waals surface area contributed by atoms with Crippen LogP contribution in [0.25, 0.3) is 10.9 Å². The SMILES string of the molecule is CCC(O)c1nc2ccccc2cc1OS(=O)(=O)c1ccc(C)cc1. The number of rotatable bonds is 5. The Bertz CT molecular complexity index is 998. The quantitative estimate of drug-likeness (QED) is 0.704. The smallest absolute Gasteiger partial charge is 0.339 e. The van der Waals surface area contributed by atoms with Gasteiger partial charge in [0.25, 0.3) is 0 Å². The first kappa shape index (κ1) is 17.4. The fourth-order valence-corrected chi connectivity index (χ4v) is 3.42. The molecule has 1 unspecified atom stereocenters. The van der Waals surface area contributed by atoms with Gasteiger partial charge in [0.05, 0.1) is 11.6 Å². The fourth-order valence-electron chi connectivity index (χ4n) is 2.48. The number of fused-ring (bicyclic) bond motifs is 1. The highest BCUT2D eigenvalue weighted by Gasteiger charge is 2.22. The van der Waals surface area contributed by atoms with Crippen molar-refractivity contribution in [1.29, 1.82) is 0 Å². The Hall–Kier alpha value is -2.44. The van der Waals surface area contributed by atoms with E-state index in [1.54, 1.807) is 31.2 Å². The number of hydrogen-bond donors (Lipinski definition) is 1. The lowest BCUT2D eigenvalue weighted by atomic mass is 10.1. The molecule has 0 bridgehead atoms. The number of benzene rings is 2. The Balaban J connectivity index is 2.08. The van der Waals surface area contributed by atoms with Crippen LogP contribution in [0.1, 0.15) is 30.7 Å². The van der Waals surface area contributed by atoms with Crippen LogP contribution in [0.5, 0.6) is 5.75 Å². The third kappa shape index (κ3) is 3.65. The number of pyridine rings is 1. The fraction of sp³-hybridized carbons (Fsp3) is 0.211. The van der Waals surface area contributed by atoms with Crippen LogP contribution in [0.2, 0.25) is 0 Å². The van der Waals surface area contributed by atoms with E-state index in [4.69, 9.17) is 4.18 Å². The molecule has 25 heavy (non-hydrogen) atoms. The molecule has 130 valence electrons. The normalized spacial score (nSPS) is 12.9. The second-order valence-electron chi connectivity index (χ2n) is 5.84. The minimum absolute atomic E-state index is 0.0497. The topological polar surface area (TPSA) is 76.5 Å². The summed E-state index contributed by atoms with van der Waals surface area (Å²) in [4.78, 5) is 4.46. The van der Waals surface area contributed by atoms with E-state index >= 15 is 0 Å². The number of aromatic nitrogens is 1. The molecule has 0 saturated carbocycles. The minimum Gasteiger partial charge on any atom is -0.387 e. The van der Waals surface area contributed by atoms with E-state index in [0.717, 1.165) is 10.9 Å². The van der Waals surface area contributed by atoms with Crippen molar-refractivity contribution < 1.29 is 17.7 Å². The Morgan fingerprint density at radius 3 is 2.48 bits per heavy atom. The van der Waals surface area contributed by atoms with Crippen molar-refractivity contribution in [2.75, 3.05) is 0 Å². The third-order valence-corrected chi connectivity index (χ3v) is 5.18. The largest absolute Gasteiger partial charge is 0.387 e. The molecule has 0 aliphatic rings. The van der Waals surface area contributed by atoms with Crippen LogP contribution in [0.15, 0.2) is 59.5 Å². The second kappa shape index (κ2) is 6.82. The monoisotopic (exact) mass is 357 g/mol. The molecule has 0 saturated heterocycles. The average molecular weight is 357 g/mol. The number of para-hydroxylation sites is 1. The van der Waals surface area contributed by atoms with Crippen LogP contribution >= 0.6 is 0 Å². The molecule has 0 aliphatic heterocycles. The molecule has 0 radical (unpaired) electrons. The van der Waals surface area contributed by atoms with Gasteiger partial charge in [-0.3, -0.25) is 0 Å². The lowest BCUT2D eigenvalue weighted by Gasteiger charge is -2.15. The predicted octanol–water partition coefficient (Wildman–Crippen LogP) is 3.75. The first-order valence-electron chi connectivity index (χ1n) is 7.99. The van der Waals surface area contributed by atoms with Gasteiger partial charge in [-0.05, 0) is 37.6 Å². The highest BCUT2D eigenvalue weighted by atomic mass is 32.2. The maximum Gasteiger partial charge on any atom is 0.339 e. The van der Waals surface area contributed by atoms with E-state index in [1.165, 1.54) is 12.1 Å². The zero-order valence-corrected chi connectivity index (χ0v) is 14.8. The van der Waals surface area contributed by atoms with Gasteiger partial charge in [-0.1, -0.05) is 42.8 Å². The summed E-state index contributed by atoms with van der Waals surface area (Å²) < 4.78 is 30.5. The predicted molar refractivity (Wildman–Crippen MR) is 96.0 cm³/mol. The summed E-state index contributed by atoms with van der Waals surface area (Å²) in [6.45, 7) is 3.67. The standard InChI is InChI=1S/C19H19NO4S/c1-3-17(21)19-18(12-14-6-4-5-7-16(14)20-19)24-25(22,23)15-10-8-13(2)9-11-15/h4-12,17,21H,3H2,1-2H3. The zero-order chi connectivity index (χ0) is 18.0. The lowest BCUT2D eigenvalue weighted by molar-refractivity contribution is 0.167. The minimum atomic E-state index is -4.01. The van der Waals surface area contributed by atoms with E-state index in [0.29, 0.717) is 11.9 Å². The van der Waals surface area contributed by atoms with Gasteiger partial charge < -0.3 is 9.29 Å². The van der Waals surface area contributed by atoms with Gasteiger partial charge in [0.2, 0.25) is 0 Å². The molecular weight excluding hydrogens is 338 g/mol. The molecule has 1 atom stereocenters. The highest BCUT2D eigenvalue weighted by molar-refractivity contribution is 7.87. The van der Waals surface area contributed by atoms with Crippen molar-refractivity contribution in [1.82, 2.24) is 4.98 Å². The first-order chi connectivity index (χ1) is 11.9. The number of aliphatic hydroxyl groups is 1. The van der Waals surface area contributed by atoms with Gasteiger partial charge in [-0.2, -0.15) is 8.42 Å². The summed E-state index contributed by atoms with van der Waals surface area (Å²) in [7, 11) is -4.01. The van der Waals surface area contributed by atoms with Crippen LogP contribution < -0.4 is 4.18 Å². The van der Waals surface area contributed by atoms with Gasteiger partial charge in [-0.15, -0.1) is 0 Å². The van der Waals surface area contributed by atoms with Gasteiger partial charge in [0.1, 0.15) is 10.6 Å². The molecule has 0 fully saturated rings. The van der Waals surface area contributed by atoms with Crippen molar-refractivity contribution in [2.45, 2.75) is 31.3 Å². The van der Waals surface area contributed by atoms with E-state index in [2.05, 4.69) is 4.98 Å². The van der Waals surface area contributed by atoms with Gasteiger partial charge >= 0.3 is 10.1 Å². The molecular formula is C19H19NO4S. The number of aryl methyl sites for hydroxylation is 1. The molecule has 0 aliphatic carbocycles. The van der Waals surface area contributed by atoms with Crippen molar-refractivity contribution >= 4 is 21.0 Å². The summed E-state index contributed by atoms with van der Waals surface area (Å²) >= 11 is 0. The van der Waals surface area contributed by atoms with Crippen molar-refractivity contribution in [3.8, 4) is 5.75 Å². The summed E-state index contributed by atoms with van der Waals surface area (Å²) in [6, 6.07) is 15.3. The maximum atomic E-state index is 12.6. The molecule has 5 nitrogen and oxygen atoms in total. The Kier molecular flexibility index (Phi) is 4.74. The van der Waals surface area contributed by atoms with Crippen LogP contribution in [-0.2, 0) is 10.1 Å². The molecule has 1 heterocycles. The molecule has 1 aromatic heterocycles. The summed E-state index contributed by atoms with van der Waals surface area (Å²) in [5.41, 5.74) is 1.84. The molecule has 3 rings (SSSR count). The van der Waals surface area contributed by atoms with E-state index < -0.39 is 16.2 Å². The summed E-state index contributed by atoms with van der Waals surface area (Å²) in [5.74, 6) is 0.0497. The van der Waals surface area contributed by atoms with Crippen LogP contribution in [0.3, 0.4) is 0 Å². The van der Waals surface area contributed by atoms with Crippen molar-refractivity contribution in [2.24, 2.45) is 0 Å². The molecule has 1 N–H and O–H groups in total. The molecule has 3 aromatic rings. The Morgan fingerprint density at radius 2 is 1.80 bits per heavy atom. The number of hydrogen-bond acceptors (Lipinski definition) is 5. The molecule has 2 aromatic carbocycles. The molecule has 0 spiro atoms. The van der Waals surface area contributed by atoms with Crippen molar-refractivity contribution in [3.05, 3.63) is 65.9 Å². The molecule has 6 heteroatoms. The number of nitrogens with zero attached hydrogens (tertiary/aromatic N) is 1. The van der Waals surface area contributed by atoms with Crippen LogP contribution in [-0.4, -0.2) is 18.5 Å². The Morgan fingerprint density at radius 1 is 1.12 bits per heavy atom. The highest BCUT2D eigenvalue weighted by Crippen LogP contribution is 2.31. The third-order valence-electron chi connectivity index (χ3n) is 3.93. The van der Waals surface area contributed by atoms with Gasteiger partial charge in [0.15, 0.2) is 5.75 Å². The van der Waals surface area contributed by atoms with Gasteiger partial charge in [-0.25, -0.2) is 4.98 Å². The number of aliphatic hydroxyl groups excluding tert-OH is 1. The van der Waals surface area contributed by atoms with E-state index in [1.807, 2.05) is 25.1 Å². The van der Waals surface area contributed by atoms with Crippen LogP contribution in [0.4, 0.5) is 0 Å². The molecule has 0 amide bonds. The summed E-state index contributed by atoms with van der Waals surface area (Å²) in [6.07, 6.45) is -0.514. The van der Waals surface area contributed by atoms with Crippen LogP contribution in [0, 0.1) is 6.92 Å². The maximum absolute atomic E-state index is 12.6.